The summed E-state index contributed by atoms with van der Waals surface area (Å²) >= 11 is 0. The van der Waals surface area contributed by atoms with E-state index in [1.807, 2.05) is 42.5 Å². The molecule has 0 spiro atoms. The number of esters is 1. The molecule has 49 heavy (non-hydrogen) atoms. The zero-order valence-corrected chi connectivity index (χ0v) is 28.0. The lowest BCUT2D eigenvalue weighted by Gasteiger charge is -2.19. The van der Waals surface area contributed by atoms with E-state index in [4.69, 9.17) is 18.9 Å². The maximum absolute atomic E-state index is 14.8. The molecule has 0 radical (unpaired) electrons. The lowest BCUT2D eigenvalue weighted by molar-refractivity contribution is 0.0526. The van der Waals surface area contributed by atoms with Gasteiger partial charge in [-0.2, -0.15) is 4.98 Å². The topological polar surface area (TPSA) is 107 Å². The van der Waals surface area contributed by atoms with Crippen LogP contribution in [0.25, 0.3) is 11.1 Å². The molecule has 4 aromatic carbocycles. The predicted molar refractivity (Wildman–Crippen MR) is 189 cm³/mol. The first-order valence-corrected chi connectivity index (χ1v) is 16.1. The summed E-state index contributed by atoms with van der Waals surface area (Å²) in [5, 5.41) is 6.19. The molecule has 5 rings (SSSR count). The fourth-order valence-corrected chi connectivity index (χ4v) is 4.98. The van der Waals surface area contributed by atoms with Gasteiger partial charge in [-0.3, -0.25) is 0 Å². The molecule has 0 aliphatic rings. The van der Waals surface area contributed by atoms with Crippen LogP contribution in [0.3, 0.4) is 0 Å². The molecule has 11 heteroatoms. The van der Waals surface area contributed by atoms with Crippen molar-refractivity contribution < 1.29 is 28.1 Å². The number of anilines is 4. The summed E-state index contributed by atoms with van der Waals surface area (Å²) in [6, 6.07) is 27.2. The van der Waals surface area contributed by atoms with E-state index in [1.165, 1.54) is 0 Å². The molecule has 0 saturated heterocycles. The number of nitrogens with zero attached hydrogens (tertiary/aromatic N) is 3. The first-order chi connectivity index (χ1) is 23.9. The van der Waals surface area contributed by atoms with Gasteiger partial charge in [0.15, 0.2) is 11.6 Å². The fourth-order valence-electron chi connectivity index (χ4n) is 4.98. The van der Waals surface area contributed by atoms with Crippen molar-refractivity contribution in [1.29, 1.82) is 0 Å². The van der Waals surface area contributed by atoms with Crippen LogP contribution in [-0.2, 0) is 4.74 Å². The minimum absolute atomic E-state index is 0.00106. The number of halogens is 1. The Kier molecular flexibility index (Phi) is 12.0. The average molecular weight is 666 g/mol. The highest BCUT2D eigenvalue weighted by molar-refractivity contribution is 5.89. The summed E-state index contributed by atoms with van der Waals surface area (Å²) in [5.74, 6) is 1.65. The number of methoxy groups -OCH3 is 1. The molecule has 0 aliphatic heterocycles. The summed E-state index contributed by atoms with van der Waals surface area (Å²) in [6.45, 7) is 9.48. The first-order valence-electron chi connectivity index (χ1n) is 16.1. The minimum atomic E-state index is -0.614. The van der Waals surface area contributed by atoms with Crippen molar-refractivity contribution >= 4 is 29.1 Å². The number of aromatic nitrogens is 2. The second kappa shape index (κ2) is 16.9. The van der Waals surface area contributed by atoms with Gasteiger partial charge in [-0.25, -0.2) is 14.2 Å². The standard InChI is InChI=1S/C38H40FN5O5/c1-5-44(6-2)21-22-48-35-24-29(15-20-33(35)26-11-16-30(46-4)17-12-26)42-38-40-25-34(39)36(43-38)41-28-13-18-31(19-14-28)49-32-10-8-9-27(23-32)37(45)47-7-3/h8-20,23-25H,5-7,21-22H2,1-4H3,(H2,40,41,42,43). The average Bonchev–Trinajstić information content (AvgIpc) is 3.13. The Balaban J connectivity index is 1.29. The second-order valence-electron chi connectivity index (χ2n) is 10.8. The van der Waals surface area contributed by atoms with Gasteiger partial charge in [0.05, 0.1) is 25.5 Å². The van der Waals surface area contributed by atoms with Gasteiger partial charge in [-0.05, 0) is 92.3 Å². The Bertz CT molecular complexity index is 1830. The summed E-state index contributed by atoms with van der Waals surface area (Å²) in [5.41, 5.74) is 3.57. The lowest BCUT2D eigenvalue weighted by atomic mass is 10.0. The van der Waals surface area contributed by atoms with E-state index >= 15 is 0 Å². The Hall–Kier alpha value is -5.68. The molecular formula is C38H40FN5O5. The Morgan fingerprint density at radius 2 is 1.57 bits per heavy atom. The largest absolute Gasteiger partial charge is 0.497 e. The van der Waals surface area contributed by atoms with Gasteiger partial charge < -0.3 is 34.5 Å². The van der Waals surface area contributed by atoms with Crippen molar-refractivity contribution in [2.24, 2.45) is 0 Å². The molecule has 0 aliphatic carbocycles. The van der Waals surface area contributed by atoms with Gasteiger partial charge in [-0.15, -0.1) is 0 Å². The monoisotopic (exact) mass is 665 g/mol. The van der Waals surface area contributed by atoms with Crippen LogP contribution in [0.15, 0.2) is 97.2 Å². The summed E-state index contributed by atoms with van der Waals surface area (Å²) in [7, 11) is 1.64. The van der Waals surface area contributed by atoms with Crippen LogP contribution >= 0.6 is 0 Å². The summed E-state index contributed by atoms with van der Waals surface area (Å²) < 4.78 is 37.4. The van der Waals surface area contributed by atoms with Crippen LogP contribution < -0.4 is 24.8 Å². The zero-order valence-electron chi connectivity index (χ0n) is 28.0. The number of benzene rings is 4. The third kappa shape index (κ3) is 9.45. The number of carbonyl (C=O) groups excluding carboxylic acids is 1. The lowest BCUT2D eigenvalue weighted by Crippen LogP contribution is -2.28. The summed E-state index contributed by atoms with van der Waals surface area (Å²) in [4.78, 5) is 22.9. The highest BCUT2D eigenvalue weighted by Crippen LogP contribution is 2.35. The van der Waals surface area contributed by atoms with E-state index in [2.05, 4.69) is 39.3 Å². The van der Waals surface area contributed by atoms with Crippen LogP contribution in [0, 0.1) is 5.82 Å². The van der Waals surface area contributed by atoms with Gasteiger partial charge >= 0.3 is 5.97 Å². The molecule has 0 atom stereocenters. The smallest absolute Gasteiger partial charge is 0.338 e. The van der Waals surface area contributed by atoms with Gasteiger partial charge in [0.25, 0.3) is 0 Å². The van der Waals surface area contributed by atoms with Crippen molar-refractivity contribution in [3.05, 3.63) is 109 Å². The molecule has 0 fully saturated rings. The van der Waals surface area contributed by atoms with Gasteiger partial charge in [0.2, 0.25) is 5.95 Å². The number of nitrogens with one attached hydrogen (secondary N) is 2. The molecule has 10 nitrogen and oxygen atoms in total. The molecule has 5 aromatic rings. The molecule has 0 saturated carbocycles. The predicted octanol–water partition coefficient (Wildman–Crippen LogP) is 8.47. The SMILES string of the molecule is CCOC(=O)c1cccc(Oc2ccc(Nc3nc(Nc4ccc(-c5ccc(OC)cc5)c(OCCN(CC)CC)c4)ncc3F)cc2)c1. The Morgan fingerprint density at radius 1 is 0.837 bits per heavy atom. The Labute approximate surface area is 285 Å². The third-order valence-corrected chi connectivity index (χ3v) is 7.64. The maximum Gasteiger partial charge on any atom is 0.338 e. The maximum atomic E-state index is 14.8. The van der Waals surface area contributed by atoms with E-state index in [9.17, 15) is 9.18 Å². The van der Waals surface area contributed by atoms with Crippen LogP contribution in [0.5, 0.6) is 23.0 Å². The number of hydrogen-bond donors (Lipinski definition) is 2. The van der Waals surface area contributed by atoms with Crippen LogP contribution in [0.2, 0.25) is 0 Å². The molecule has 0 bridgehead atoms. The van der Waals surface area contributed by atoms with Crippen molar-refractivity contribution in [2.75, 3.05) is 50.6 Å². The van der Waals surface area contributed by atoms with Crippen molar-refractivity contribution in [3.63, 3.8) is 0 Å². The molecule has 2 N–H and O–H groups in total. The van der Waals surface area contributed by atoms with Gasteiger partial charge in [0, 0.05) is 29.5 Å². The van der Waals surface area contributed by atoms with Gasteiger partial charge in [0.1, 0.15) is 29.6 Å². The molecule has 0 amide bonds. The highest BCUT2D eigenvalue weighted by atomic mass is 19.1. The molecule has 0 unspecified atom stereocenters. The van der Waals surface area contributed by atoms with E-state index in [0.717, 1.165) is 42.7 Å². The zero-order chi connectivity index (χ0) is 34.6. The van der Waals surface area contributed by atoms with E-state index in [-0.39, 0.29) is 18.4 Å². The number of ether oxygens (including phenoxy) is 4. The minimum Gasteiger partial charge on any atom is -0.497 e. The number of rotatable bonds is 16. The van der Waals surface area contributed by atoms with Crippen molar-refractivity contribution in [3.8, 4) is 34.1 Å². The quantitative estimate of drug-likeness (QED) is 0.0997. The van der Waals surface area contributed by atoms with E-state index < -0.39 is 11.8 Å². The number of hydrogen-bond acceptors (Lipinski definition) is 10. The van der Waals surface area contributed by atoms with Crippen LogP contribution in [-0.4, -0.2) is 60.8 Å². The highest BCUT2D eigenvalue weighted by Gasteiger charge is 2.13. The fraction of sp³-hybridized carbons (Fsp3) is 0.237. The third-order valence-electron chi connectivity index (χ3n) is 7.64. The van der Waals surface area contributed by atoms with Crippen LogP contribution in [0.4, 0.5) is 27.5 Å². The molecule has 1 heterocycles. The Morgan fingerprint density at radius 3 is 2.29 bits per heavy atom. The van der Waals surface area contributed by atoms with Crippen molar-refractivity contribution in [2.45, 2.75) is 20.8 Å². The van der Waals surface area contributed by atoms with Crippen molar-refractivity contribution in [1.82, 2.24) is 14.9 Å². The van der Waals surface area contributed by atoms with E-state index in [0.29, 0.717) is 40.8 Å². The molecule has 254 valence electrons. The first kappa shape index (κ1) is 34.6. The molecular weight excluding hydrogens is 625 g/mol. The van der Waals surface area contributed by atoms with Crippen LogP contribution in [0.1, 0.15) is 31.1 Å². The van der Waals surface area contributed by atoms with Gasteiger partial charge in [-0.1, -0.05) is 32.0 Å². The second-order valence-corrected chi connectivity index (χ2v) is 10.8. The normalized spacial score (nSPS) is 10.8. The van der Waals surface area contributed by atoms with E-state index in [1.54, 1.807) is 62.6 Å². The number of likely N-dealkylation sites (N-methyl/N-ethyl adjacent to an activating group) is 1. The molecule has 1 aromatic heterocycles. The summed E-state index contributed by atoms with van der Waals surface area (Å²) in [6.07, 6.45) is 1.11. The number of carbonyl (C=O) groups is 1.